The third-order valence-corrected chi connectivity index (χ3v) is 8.55. The minimum Gasteiger partial charge on any atom is -0.410 e. The second-order valence-corrected chi connectivity index (χ2v) is 10.8. The summed E-state index contributed by atoms with van der Waals surface area (Å²) in [6.45, 7) is 5.53. The van der Waals surface area contributed by atoms with E-state index in [0.29, 0.717) is 31.1 Å². The van der Waals surface area contributed by atoms with Gasteiger partial charge in [0.25, 0.3) is 0 Å². The zero-order valence-corrected chi connectivity index (χ0v) is 22.6. The van der Waals surface area contributed by atoms with Gasteiger partial charge in [0, 0.05) is 18.5 Å². The number of likely N-dealkylation sites (tertiary alicyclic amines) is 1. The molecule has 3 aliphatic rings. The minimum absolute atomic E-state index is 0. The summed E-state index contributed by atoms with van der Waals surface area (Å²) in [6, 6.07) is 16.9. The molecule has 2 N–H and O–H groups in total. The molecule has 3 atom stereocenters. The predicted molar refractivity (Wildman–Crippen MR) is 149 cm³/mol. The monoisotopic (exact) mass is 522 g/mol. The van der Waals surface area contributed by atoms with Crippen molar-refractivity contribution >= 4 is 18.5 Å². The van der Waals surface area contributed by atoms with Crippen LogP contribution in [-0.4, -0.2) is 47.9 Å². The Morgan fingerprint density at radius 2 is 1.95 bits per heavy atom. The van der Waals surface area contributed by atoms with E-state index in [4.69, 9.17) is 4.74 Å². The van der Waals surface area contributed by atoms with Crippen LogP contribution in [0.4, 0.5) is 4.79 Å². The number of benzene rings is 2. The van der Waals surface area contributed by atoms with Crippen molar-refractivity contribution in [2.24, 2.45) is 5.92 Å². The van der Waals surface area contributed by atoms with E-state index >= 15 is 0 Å². The number of hydrogen-bond acceptors (Lipinski definition) is 4. The lowest BCUT2D eigenvalue weighted by Crippen LogP contribution is -2.50. The van der Waals surface area contributed by atoms with E-state index in [0.717, 1.165) is 45.3 Å². The standard InChI is InChI=1S/C31H38N2O3.ClH/c1-2-14-30(35)15-16-31(22-24-8-4-3-5-9-24)26(23-30)11-10-25-21-27(12-13-28(25)31)36-29(34)32-17-20-33-18-6-7-19-33;/h3-5,8-9,12-13,21,26,35H,6-7,10-11,15-20,22-23H2,1H3,(H,32,34);1H/t26-,30+,31+;/m0./s1. The van der Waals surface area contributed by atoms with Crippen molar-refractivity contribution < 1.29 is 14.6 Å². The van der Waals surface area contributed by atoms with E-state index < -0.39 is 5.60 Å². The fraction of sp³-hybridized carbons (Fsp3) is 0.516. The number of nitrogens with zero attached hydrogens (tertiary/aromatic N) is 1. The molecule has 2 aromatic rings. The van der Waals surface area contributed by atoms with Gasteiger partial charge in [-0.15, -0.1) is 18.3 Å². The number of aliphatic hydroxyl groups is 1. The zero-order valence-electron chi connectivity index (χ0n) is 21.8. The molecule has 37 heavy (non-hydrogen) atoms. The summed E-state index contributed by atoms with van der Waals surface area (Å²) in [4.78, 5) is 14.8. The molecule has 1 heterocycles. The van der Waals surface area contributed by atoms with Gasteiger partial charge in [0.2, 0.25) is 0 Å². The van der Waals surface area contributed by atoms with Crippen LogP contribution in [0.3, 0.4) is 0 Å². The number of amides is 1. The molecule has 2 fully saturated rings. The first-order chi connectivity index (χ1) is 17.5. The average molecular weight is 523 g/mol. The van der Waals surface area contributed by atoms with Crippen molar-refractivity contribution in [3.8, 4) is 17.6 Å². The van der Waals surface area contributed by atoms with Gasteiger partial charge < -0.3 is 20.1 Å². The van der Waals surface area contributed by atoms with Crippen molar-refractivity contribution in [2.75, 3.05) is 26.2 Å². The summed E-state index contributed by atoms with van der Waals surface area (Å²) >= 11 is 0. The van der Waals surface area contributed by atoms with Crippen LogP contribution in [0.25, 0.3) is 0 Å². The number of rotatable bonds is 6. The van der Waals surface area contributed by atoms with Crippen molar-refractivity contribution in [3.63, 3.8) is 0 Å². The second kappa shape index (κ2) is 11.9. The molecule has 2 aliphatic carbocycles. The van der Waals surface area contributed by atoms with Gasteiger partial charge in [0.15, 0.2) is 0 Å². The molecule has 0 aromatic heterocycles. The van der Waals surface area contributed by atoms with E-state index in [2.05, 4.69) is 64.5 Å². The van der Waals surface area contributed by atoms with Crippen molar-refractivity contribution in [1.82, 2.24) is 10.2 Å². The molecule has 1 saturated carbocycles. The molecule has 2 aromatic carbocycles. The summed E-state index contributed by atoms with van der Waals surface area (Å²) in [7, 11) is 0. The van der Waals surface area contributed by atoms with Crippen molar-refractivity contribution in [1.29, 1.82) is 0 Å². The van der Waals surface area contributed by atoms with Crippen LogP contribution in [0.1, 0.15) is 62.1 Å². The highest BCUT2D eigenvalue weighted by Crippen LogP contribution is 2.54. The Morgan fingerprint density at radius 1 is 1.16 bits per heavy atom. The molecule has 5 rings (SSSR count). The molecule has 1 saturated heterocycles. The highest BCUT2D eigenvalue weighted by atomic mass is 35.5. The van der Waals surface area contributed by atoms with Gasteiger partial charge in [-0.1, -0.05) is 42.3 Å². The third kappa shape index (κ3) is 6.14. The highest BCUT2D eigenvalue weighted by molar-refractivity contribution is 5.85. The predicted octanol–water partition coefficient (Wildman–Crippen LogP) is 5.27. The molecular weight excluding hydrogens is 484 g/mol. The van der Waals surface area contributed by atoms with Crippen LogP contribution < -0.4 is 10.1 Å². The normalized spacial score (nSPS) is 26.6. The first-order valence-corrected chi connectivity index (χ1v) is 13.5. The number of nitrogens with one attached hydrogen (secondary N) is 1. The maximum absolute atomic E-state index is 12.4. The van der Waals surface area contributed by atoms with E-state index in [1.54, 1.807) is 0 Å². The number of carbonyl (C=O) groups excluding carboxylic acids is 1. The van der Waals surface area contributed by atoms with E-state index in [-0.39, 0.29) is 23.9 Å². The molecule has 0 unspecified atom stereocenters. The maximum Gasteiger partial charge on any atom is 0.412 e. The molecule has 0 bridgehead atoms. The summed E-state index contributed by atoms with van der Waals surface area (Å²) in [6.07, 6.45) is 7.24. The molecule has 1 amide bonds. The van der Waals surface area contributed by atoms with Gasteiger partial charge in [-0.2, -0.15) is 0 Å². The van der Waals surface area contributed by atoms with Gasteiger partial charge >= 0.3 is 6.09 Å². The van der Waals surface area contributed by atoms with Gasteiger partial charge in [-0.3, -0.25) is 0 Å². The van der Waals surface area contributed by atoms with Gasteiger partial charge in [0.05, 0.1) is 0 Å². The summed E-state index contributed by atoms with van der Waals surface area (Å²) in [5.41, 5.74) is 2.98. The largest absolute Gasteiger partial charge is 0.412 e. The molecule has 0 radical (unpaired) electrons. The van der Waals surface area contributed by atoms with Crippen molar-refractivity contribution in [3.05, 3.63) is 65.2 Å². The molecular formula is C31H39ClN2O3. The van der Waals surface area contributed by atoms with Gasteiger partial charge in [-0.05, 0) is 106 Å². The number of ether oxygens (including phenoxy) is 1. The summed E-state index contributed by atoms with van der Waals surface area (Å²) < 4.78 is 5.67. The molecule has 0 spiro atoms. The van der Waals surface area contributed by atoms with E-state index in [1.165, 1.54) is 29.5 Å². The molecule has 6 heteroatoms. The average Bonchev–Trinajstić information content (AvgIpc) is 3.39. The Bertz CT molecular complexity index is 1140. The first-order valence-electron chi connectivity index (χ1n) is 13.5. The van der Waals surface area contributed by atoms with Crippen LogP contribution >= 0.6 is 12.4 Å². The van der Waals surface area contributed by atoms with Crippen LogP contribution in [0.15, 0.2) is 48.5 Å². The lowest BCUT2D eigenvalue weighted by atomic mass is 9.52. The Balaban J connectivity index is 0.00000320. The fourth-order valence-corrected chi connectivity index (χ4v) is 6.83. The lowest BCUT2D eigenvalue weighted by molar-refractivity contribution is -0.00804. The summed E-state index contributed by atoms with van der Waals surface area (Å²) in [5, 5.41) is 14.1. The highest BCUT2D eigenvalue weighted by Gasteiger charge is 2.51. The number of fused-ring (bicyclic) bond motifs is 3. The molecule has 198 valence electrons. The topological polar surface area (TPSA) is 61.8 Å². The Morgan fingerprint density at radius 3 is 2.70 bits per heavy atom. The SMILES string of the molecule is CC#C[C@@]1(O)CC[C@]2(Cc3ccccc3)c3ccc(OC(=O)NCCN4CCCC4)cc3CC[C@H]2C1.Cl. The smallest absolute Gasteiger partial charge is 0.410 e. The first kappa shape index (κ1) is 27.5. The van der Waals surface area contributed by atoms with Crippen LogP contribution in [0, 0.1) is 17.8 Å². The van der Waals surface area contributed by atoms with Crippen LogP contribution in [0.2, 0.25) is 0 Å². The maximum atomic E-state index is 12.4. The zero-order chi connectivity index (χ0) is 25.0. The fourth-order valence-electron chi connectivity index (χ4n) is 6.83. The molecule has 1 aliphatic heterocycles. The number of halogens is 1. The van der Waals surface area contributed by atoms with E-state index in [1.807, 2.05) is 13.0 Å². The second-order valence-electron chi connectivity index (χ2n) is 10.8. The van der Waals surface area contributed by atoms with Crippen LogP contribution in [-0.2, 0) is 18.3 Å². The van der Waals surface area contributed by atoms with Crippen LogP contribution in [0.5, 0.6) is 5.75 Å². The summed E-state index contributed by atoms with van der Waals surface area (Å²) in [5.74, 6) is 7.01. The Labute approximate surface area is 227 Å². The third-order valence-electron chi connectivity index (χ3n) is 8.55. The lowest BCUT2D eigenvalue weighted by Gasteiger charge is -2.52. The van der Waals surface area contributed by atoms with Gasteiger partial charge in [-0.25, -0.2) is 4.79 Å². The number of aryl methyl sites for hydroxylation is 1. The van der Waals surface area contributed by atoms with Crippen molar-refractivity contribution in [2.45, 2.75) is 69.3 Å². The number of hydrogen-bond donors (Lipinski definition) is 2. The number of carbonyl (C=O) groups is 1. The Kier molecular flexibility index (Phi) is 8.85. The quantitative estimate of drug-likeness (QED) is 0.507. The Hall–Kier alpha value is -2.52. The minimum atomic E-state index is -0.896. The van der Waals surface area contributed by atoms with Gasteiger partial charge in [0.1, 0.15) is 11.4 Å². The molecule has 5 nitrogen and oxygen atoms in total. The van der Waals surface area contributed by atoms with E-state index in [9.17, 15) is 9.90 Å².